The van der Waals surface area contributed by atoms with Crippen molar-refractivity contribution in [1.29, 1.82) is 0 Å². The fourth-order valence-corrected chi connectivity index (χ4v) is 2.75. The van der Waals surface area contributed by atoms with Crippen LogP contribution in [-0.4, -0.2) is 171 Å². The van der Waals surface area contributed by atoms with E-state index < -0.39 is 23.6 Å². The highest BCUT2D eigenvalue weighted by atomic mass is 16.2. The van der Waals surface area contributed by atoms with E-state index in [1.165, 1.54) is 64.6 Å². The molecule has 0 fully saturated rings. The van der Waals surface area contributed by atoms with Gasteiger partial charge in [-0.2, -0.15) is 0 Å². The summed E-state index contributed by atoms with van der Waals surface area (Å²) in [4.78, 5) is 83.7. The second-order valence-electron chi connectivity index (χ2n) is 9.67. The molecule has 13 nitrogen and oxygen atoms in total. The minimum absolute atomic E-state index is 0.0980. The topological polar surface area (TPSA) is 125 Å². The molecule has 37 heavy (non-hydrogen) atoms. The Balaban J connectivity index is 4.71. The summed E-state index contributed by atoms with van der Waals surface area (Å²) >= 11 is 0. The van der Waals surface area contributed by atoms with Crippen LogP contribution in [0.4, 0.5) is 0 Å². The predicted molar refractivity (Wildman–Crippen MR) is 139 cm³/mol. The molecular weight excluding hydrogens is 482 g/mol. The lowest BCUT2D eigenvalue weighted by Gasteiger charge is -2.27. The van der Waals surface area contributed by atoms with Gasteiger partial charge in [0, 0.05) is 54.9 Å². The van der Waals surface area contributed by atoms with Crippen molar-refractivity contribution < 1.29 is 28.8 Å². The van der Waals surface area contributed by atoms with Crippen LogP contribution in [0.1, 0.15) is 20.8 Å². The molecule has 0 spiro atoms. The smallest absolute Gasteiger partial charge is 0.242 e. The first-order chi connectivity index (χ1) is 17.0. The van der Waals surface area contributed by atoms with E-state index in [4.69, 9.17) is 0 Å². The molecule has 0 rings (SSSR count). The quantitative estimate of drug-likeness (QED) is 0.258. The van der Waals surface area contributed by atoms with Gasteiger partial charge in [0.15, 0.2) is 0 Å². The zero-order chi connectivity index (χ0) is 29.0. The van der Waals surface area contributed by atoms with E-state index >= 15 is 0 Å². The number of hydrogen-bond acceptors (Lipinski definition) is 7. The zero-order valence-corrected chi connectivity index (χ0v) is 24.1. The Morgan fingerprint density at radius 1 is 0.432 bits per heavy atom. The fraction of sp³-hybridized carbons (Fsp3) is 0.750. The summed E-state index contributed by atoms with van der Waals surface area (Å²) in [5.41, 5.74) is 0. The maximum atomic E-state index is 12.6. The van der Waals surface area contributed by atoms with Gasteiger partial charge >= 0.3 is 0 Å². The lowest BCUT2D eigenvalue weighted by Crippen LogP contribution is -2.48. The molecule has 0 saturated carbocycles. The van der Waals surface area contributed by atoms with Gasteiger partial charge in [0.1, 0.15) is 0 Å². The number of carbonyl (C=O) groups excluding carboxylic acids is 6. The number of nitrogens with zero attached hydrogens (tertiary/aromatic N) is 7. The molecule has 0 aromatic carbocycles. The van der Waals surface area contributed by atoms with E-state index in [0.29, 0.717) is 6.54 Å². The molecular formula is C24H45N7O6. The van der Waals surface area contributed by atoms with Crippen LogP contribution in [0.25, 0.3) is 0 Å². The van der Waals surface area contributed by atoms with Gasteiger partial charge in [-0.25, -0.2) is 0 Å². The molecule has 0 aliphatic rings. The van der Waals surface area contributed by atoms with Crippen molar-refractivity contribution in [3.05, 3.63) is 0 Å². The van der Waals surface area contributed by atoms with Crippen LogP contribution in [0.15, 0.2) is 0 Å². The Labute approximate surface area is 220 Å². The van der Waals surface area contributed by atoms with Gasteiger partial charge < -0.3 is 29.4 Å². The van der Waals surface area contributed by atoms with Gasteiger partial charge in [-0.05, 0) is 27.8 Å². The summed E-state index contributed by atoms with van der Waals surface area (Å²) in [6, 6.07) is 0.182. The van der Waals surface area contributed by atoms with E-state index in [2.05, 4.69) is 0 Å². The fourth-order valence-electron chi connectivity index (χ4n) is 2.75. The van der Waals surface area contributed by atoms with Gasteiger partial charge in [-0.1, -0.05) is 0 Å². The molecule has 0 unspecified atom stereocenters. The Hall–Kier alpha value is -3.22. The molecule has 6 amide bonds. The normalized spacial score (nSPS) is 10.7. The molecule has 0 saturated heterocycles. The molecule has 0 aromatic rings. The lowest BCUT2D eigenvalue weighted by atomic mass is 10.3. The number of carbonyl (C=O) groups is 6. The molecule has 0 bridgehead atoms. The highest BCUT2D eigenvalue weighted by Gasteiger charge is 2.24. The summed E-state index contributed by atoms with van der Waals surface area (Å²) in [7, 11) is 10.8. The minimum Gasteiger partial charge on any atom is -0.345 e. The molecule has 0 N–H and O–H groups in total. The van der Waals surface area contributed by atoms with Crippen LogP contribution >= 0.6 is 0 Å². The van der Waals surface area contributed by atoms with Crippen molar-refractivity contribution in [3.63, 3.8) is 0 Å². The molecule has 0 aliphatic heterocycles. The van der Waals surface area contributed by atoms with Crippen molar-refractivity contribution in [2.24, 2.45) is 0 Å². The standard InChI is InChI=1S/C24H45N7O6/c1-11-25(4)19(32)13-27(6)21(34)15-29(8)23(36)17-31(10)24(37)16-30(9)22(35)14-28(7)20(33)12-26(5)18(2)3/h18H,11-17H2,1-10H3. The summed E-state index contributed by atoms with van der Waals surface area (Å²) in [6.07, 6.45) is 0. The number of rotatable bonds is 14. The second kappa shape index (κ2) is 15.8. The Morgan fingerprint density at radius 2 is 0.649 bits per heavy atom. The zero-order valence-electron chi connectivity index (χ0n) is 24.1. The Morgan fingerprint density at radius 3 is 0.865 bits per heavy atom. The van der Waals surface area contributed by atoms with Crippen LogP contribution in [0, 0.1) is 0 Å². The van der Waals surface area contributed by atoms with E-state index in [9.17, 15) is 28.8 Å². The number of hydrogen-bond donors (Lipinski definition) is 0. The first-order valence-electron chi connectivity index (χ1n) is 12.2. The third-order valence-electron chi connectivity index (χ3n) is 6.16. The van der Waals surface area contributed by atoms with E-state index in [-0.39, 0.29) is 57.1 Å². The molecule has 13 heteroatoms. The maximum Gasteiger partial charge on any atom is 0.242 e. The van der Waals surface area contributed by atoms with Crippen LogP contribution in [0.2, 0.25) is 0 Å². The van der Waals surface area contributed by atoms with E-state index in [1.807, 2.05) is 32.7 Å². The van der Waals surface area contributed by atoms with Crippen LogP contribution < -0.4 is 0 Å². The molecule has 0 aliphatic carbocycles. The average molecular weight is 528 g/mol. The van der Waals surface area contributed by atoms with Crippen LogP contribution in [0.3, 0.4) is 0 Å². The summed E-state index contributed by atoms with van der Waals surface area (Å²) in [5.74, 6) is -2.19. The van der Waals surface area contributed by atoms with Crippen LogP contribution in [-0.2, 0) is 28.8 Å². The first kappa shape index (κ1) is 33.8. The van der Waals surface area contributed by atoms with Gasteiger partial charge in [0.05, 0.1) is 39.3 Å². The number of likely N-dealkylation sites (N-methyl/N-ethyl adjacent to an activating group) is 7. The SMILES string of the molecule is CCN(C)C(=O)CN(C)C(=O)CN(C)C(=O)CN(C)C(=O)CN(C)C(=O)CN(C)C(=O)CN(C)C(C)C. The Kier molecular flexibility index (Phi) is 14.4. The number of amides is 6. The van der Waals surface area contributed by atoms with Crippen molar-refractivity contribution in [2.45, 2.75) is 26.8 Å². The van der Waals surface area contributed by atoms with Crippen molar-refractivity contribution in [1.82, 2.24) is 34.3 Å². The lowest BCUT2D eigenvalue weighted by molar-refractivity contribution is -0.145. The molecule has 0 radical (unpaired) electrons. The maximum absolute atomic E-state index is 12.6. The summed E-state index contributed by atoms with van der Waals surface area (Å²) in [6.45, 7) is 5.37. The second-order valence-corrected chi connectivity index (χ2v) is 9.67. The summed E-state index contributed by atoms with van der Waals surface area (Å²) < 4.78 is 0. The van der Waals surface area contributed by atoms with E-state index in [0.717, 1.165) is 0 Å². The van der Waals surface area contributed by atoms with Gasteiger partial charge in [-0.15, -0.1) is 0 Å². The van der Waals surface area contributed by atoms with E-state index in [1.54, 1.807) is 7.05 Å². The van der Waals surface area contributed by atoms with Gasteiger partial charge in [-0.3, -0.25) is 33.7 Å². The van der Waals surface area contributed by atoms with Gasteiger partial charge in [0.2, 0.25) is 35.4 Å². The third kappa shape index (κ3) is 12.0. The minimum atomic E-state index is -0.470. The van der Waals surface area contributed by atoms with Crippen molar-refractivity contribution in [3.8, 4) is 0 Å². The van der Waals surface area contributed by atoms with Crippen molar-refractivity contribution >= 4 is 35.4 Å². The highest BCUT2D eigenvalue weighted by molar-refractivity contribution is 5.91. The predicted octanol–water partition coefficient (Wildman–Crippen LogP) is -1.90. The molecule has 212 valence electrons. The highest BCUT2D eigenvalue weighted by Crippen LogP contribution is 1.99. The molecule has 0 atom stereocenters. The first-order valence-corrected chi connectivity index (χ1v) is 12.2. The third-order valence-corrected chi connectivity index (χ3v) is 6.16. The van der Waals surface area contributed by atoms with Crippen LogP contribution in [0.5, 0.6) is 0 Å². The summed E-state index contributed by atoms with van der Waals surface area (Å²) in [5, 5.41) is 0. The van der Waals surface area contributed by atoms with Crippen molar-refractivity contribution in [2.75, 3.05) is 95.1 Å². The Bertz CT molecular complexity index is 834. The largest absolute Gasteiger partial charge is 0.345 e. The van der Waals surface area contributed by atoms with Gasteiger partial charge in [0.25, 0.3) is 0 Å². The molecule has 0 heterocycles. The monoisotopic (exact) mass is 527 g/mol. The average Bonchev–Trinajstić information content (AvgIpc) is 2.82. The molecule has 0 aromatic heterocycles.